The van der Waals surface area contributed by atoms with Gasteiger partial charge in [-0.25, -0.2) is 9.59 Å². The van der Waals surface area contributed by atoms with Crippen molar-refractivity contribution in [1.82, 2.24) is 40.7 Å². The SMILES string of the molecule is CCN1CCN(C(=O)N[C@@H](C(=O)N[C@@H]2C(=O)N3C(C(=O)[O-])=C(CSc4cn[nH]n4)CS[C@@H]23)c2ccc(NC(=O)OC[C@@H](N)C(=O)[O-])cc2)C(=O)C1=O.[Na+].[Na+]. The minimum absolute atomic E-state index is 0. The third-order valence-corrected chi connectivity index (χ3v) is 10.3. The Morgan fingerprint density at radius 2 is 1.80 bits per heavy atom. The third-order valence-electron chi connectivity index (χ3n) is 7.98. The Morgan fingerprint density at radius 1 is 1.09 bits per heavy atom. The summed E-state index contributed by atoms with van der Waals surface area (Å²) < 4.78 is 4.74. The molecule has 54 heavy (non-hydrogen) atoms. The second kappa shape index (κ2) is 19.8. The van der Waals surface area contributed by atoms with Crippen LogP contribution in [0.2, 0.25) is 0 Å². The fraction of sp³-hybridized carbons (Fsp3) is 0.379. The number of carbonyl (C=O) groups excluding carboxylic acids is 8. The number of hydrogen-bond donors (Lipinski definition) is 5. The molecule has 5 rings (SSSR count). The first-order chi connectivity index (χ1) is 24.8. The summed E-state index contributed by atoms with van der Waals surface area (Å²) in [6.07, 6.45) is 0.401. The van der Waals surface area contributed by atoms with E-state index in [-0.39, 0.29) is 107 Å². The van der Waals surface area contributed by atoms with Crippen LogP contribution in [0.3, 0.4) is 0 Å². The van der Waals surface area contributed by atoms with Crippen molar-refractivity contribution in [3.63, 3.8) is 0 Å². The Kier molecular flexibility index (Phi) is 16.4. The summed E-state index contributed by atoms with van der Waals surface area (Å²) >= 11 is 2.40. The number of urea groups is 1. The van der Waals surface area contributed by atoms with Crippen LogP contribution in [0.4, 0.5) is 15.3 Å². The number of H-pyrrole nitrogens is 1. The average Bonchev–Trinajstić information content (AvgIpc) is 3.65. The Bertz CT molecular complexity index is 1820. The van der Waals surface area contributed by atoms with Crippen molar-refractivity contribution in [2.24, 2.45) is 5.73 Å². The monoisotopic (exact) mass is 804 g/mol. The Balaban J connectivity index is 0.00000392. The van der Waals surface area contributed by atoms with Crippen LogP contribution >= 0.6 is 23.5 Å². The number of imide groups is 1. The number of piperazine rings is 1. The minimum atomic E-state index is -1.63. The molecular formula is C29H30N10Na2O11S2. The van der Waals surface area contributed by atoms with E-state index in [1.54, 1.807) is 6.92 Å². The van der Waals surface area contributed by atoms with Crippen LogP contribution in [0, 0.1) is 0 Å². The van der Waals surface area contributed by atoms with Crippen molar-refractivity contribution >= 4 is 76.9 Å². The molecule has 4 heterocycles. The van der Waals surface area contributed by atoms with Crippen molar-refractivity contribution in [2.75, 3.05) is 43.1 Å². The topological polar surface area (TPSA) is 305 Å². The fourth-order valence-electron chi connectivity index (χ4n) is 5.26. The molecule has 3 aliphatic heterocycles. The molecule has 0 unspecified atom stereocenters. The minimum Gasteiger partial charge on any atom is -0.548 e. The van der Waals surface area contributed by atoms with Gasteiger partial charge in [-0.05, 0) is 30.2 Å². The van der Waals surface area contributed by atoms with E-state index in [0.29, 0.717) is 15.5 Å². The maximum atomic E-state index is 13.8. The first kappa shape index (κ1) is 44.7. The molecule has 6 N–H and O–H groups in total. The number of rotatable bonds is 13. The number of aromatic nitrogens is 3. The zero-order chi connectivity index (χ0) is 37.7. The summed E-state index contributed by atoms with van der Waals surface area (Å²) in [4.78, 5) is 104. The number of β-lactam (4-membered cyclic amide) rings is 1. The van der Waals surface area contributed by atoms with Crippen molar-refractivity contribution in [1.29, 1.82) is 0 Å². The molecule has 0 bridgehead atoms. The summed E-state index contributed by atoms with van der Waals surface area (Å²) in [5, 5.41) is 40.0. The van der Waals surface area contributed by atoms with Gasteiger partial charge in [0.05, 0.1) is 29.9 Å². The zero-order valence-electron chi connectivity index (χ0n) is 29.1. The zero-order valence-corrected chi connectivity index (χ0v) is 34.7. The van der Waals surface area contributed by atoms with Crippen LogP contribution in [0.5, 0.6) is 0 Å². The first-order valence-electron chi connectivity index (χ1n) is 15.4. The van der Waals surface area contributed by atoms with E-state index in [1.807, 2.05) is 0 Å². The number of likely N-dealkylation sites (N-methyl/N-ethyl adjacent to an activating group) is 1. The molecule has 0 saturated carbocycles. The molecule has 2 saturated heterocycles. The molecule has 25 heteroatoms. The molecule has 0 spiro atoms. The van der Waals surface area contributed by atoms with E-state index in [4.69, 9.17) is 10.5 Å². The van der Waals surface area contributed by atoms with E-state index < -0.39 is 77.8 Å². The number of nitrogens with two attached hydrogens (primary N) is 1. The van der Waals surface area contributed by atoms with Crippen LogP contribution in [0.25, 0.3) is 0 Å². The van der Waals surface area contributed by atoms with Gasteiger partial charge in [-0.3, -0.25) is 34.3 Å². The summed E-state index contributed by atoms with van der Waals surface area (Å²) in [6.45, 7) is 1.14. The number of carbonyl (C=O) groups is 8. The van der Waals surface area contributed by atoms with E-state index >= 15 is 0 Å². The molecule has 4 atom stereocenters. The molecule has 1 aromatic carbocycles. The van der Waals surface area contributed by atoms with E-state index in [1.165, 1.54) is 58.9 Å². The number of carboxylic acids is 2. The van der Waals surface area contributed by atoms with Gasteiger partial charge in [-0.15, -0.1) is 16.9 Å². The van der Waals surface area contributed by atoms with Crippen LogP contribution in [0.1, 0.15) is 18.5 Å². The van der Waals surface area contributed by atoms with Gasteiger partial charge in [0.25, 0.3) is 5.91 Å². The molecule has 2 fully saturated rings. The average molecular weight is 805 g/mol. The van der Waals surface area contributed by atoms with Gasteiger partial charge in [0, 0.05) is 36.8 Å². The van der Waals surface area contributed by atoms with Gasteiger partial charge in [0.2, 0.25) is 5.91 Å². The quantitative estimate of drug-likeness (QED) is 0.0543. The number of hydrogen-bond acceptors (Lipinski definition) is 16. The second-order valence-electron chi connectivity index (χ2n) is 11.2. The standard InChI is InChI=1S/C29H32N10O11S2.2Na/c1-2-37-7-8-38(24(43)23(37)42)28(48)34-18(13-3-5-15(6-4-13)32-29(49)50-10-16(30)26(44)45)21(40)33-19-22(41)39-20(27(46)47)14(12-52-25(19)39)11-51-17-9-31-36-35-17;;/h3-6,9,16,18-19,25H,2,7-8,10-12,30H2,1H3,(H,32,49)(H,33,40)(H,34,48)(H,44,45)(H,46,47)(H,31,35,36);;/q;2*+1/p-2/t16-,18-,19-,25+;;/m1../s1. The van der Waals surface area contributed by atoms with Crippen molar-refractivity contribution in [3.8, 4) is 0 Å². The summed E-state index contributed by atoms with van der Waals surface area (Å²) in [6, 6.07) is -0.116. The number of thioether (sulfide) groups is 2. The number of benzene rings is 1. The van der Waals surface area contributed by atoms with Crippen molar-refractivity contribution in [2.45, 2.75) is 35.4 Å². The Morgan fingerprint density at radius 3 is 2.41 bits per heavy atom. The predicted molar refractivity (Wildman–Crippen MR) is 174 cm³/mol. The maximum Gasteiger partial charge on any atom is 1.00 e. The van der Waals surface area contributed by atoms with Crippen LogP contribution < -0.4 is 91.0 Å². The maximum absolute atomic E-state index is 13.8. The Hall–Kier alpha value is -3.68. The van der Waals surface area contributed by atoms with E-state index in [2.05, 4.69) is 31.4 Å². The summed E-state index contributed by atoms with van der Waals surface area (Å²) in [7, 11) is 0. The second-order valence-corrected chi connectivity index (χ2v) is 13.3. The number of anilines is 1. The summed E-state index contributed by atoms with van der Waals surface area (Å²) in [5.41, 5.74) is 5.58. The fourth-order valence-corrected chi connectivity index (χ4v) is 7.53. The molecule has 21 nitrogen and oxygen atoms in total. The molecule has 1 aromatic heterocycles. The molecular weight excluding hydrogens is 774 g/mol. The van der Waals surface area contributed by atoms with E-state index in [0.717, 1.165) is 4.90 Å². The van der Waals surface area contributed by atoms with Gasteiger partial charge in [0.15, 0.2) is 0 Å². The molecule has 0 radical (unpaired) electrons. The predicted octanol–water partition coefficient (Wildman–Crippen LogP) is -9.92. The van der Waals surface area contributed by atoms with Gasteiger partial charge in [0.1, 0.15) is 29.1 Å². The third kappa shape index (κ3) is 10.1. The van der Waals surface area contributed by atoms with Gasteiger partial charge in [-0.2, -0.15) is 10.3 Å². The summed E-state index contributed by atoms with van der Waals surface area (Å²) in [5.74, 6) is -6.52. The van der Waals surface area contributed by atoms with Crippen molar-refractivity contribution in [3.05, 3.63) is 47.3 Å². The number of aliphatic carboxylic acids is 2. The van der Waals surface area contributed by atoms with Gasteiger partial charge >= 0.3 is 83.1 Å². The van der Waals surface area contributed by atoms with Gasteiger partial charge < -0.3 is 45.8 Å². The van der Waals surface area contributed by atoms with E-state index in [9.17, 15) is 48.6 Å². The van der Waals surface area contributed by atoms with Gasteiger partial charge in [-0.1, -0.05) is 23.9 Å². The number of aromatic amines is 1. The number of nitrogens with one attached hydrogen (secondary N) is 4. The Labute approximate surface area is 358 Å². The number of carboxylic acid groups (broad SMARTS) is 2. The largest absolute Gasteiger partial charge is 1.00 e. The first-order valence-corrected chi connectivity index (χ1v) is 17.4. The molecule has 3 aliphatic rings. The van der Waals surface area contributed by atoms with Crippen molar-refractivity contribution < 1.29 is 112 Å². The number of fused-ring (bicyclic) bond motifs is 1. The smallest absolute Gasteiger partial charge is 0.548 e. The number of ether oxygens (including phenoxy) is 1. The van der Waals surface area contributed by atoms with Crippen LogP contribution in [-0.4, -0.2) is 133 Å². The molecule has 276 valence electrons. The van der Waals surface area contributed by atoms with Crippen LogP contribution in [0.15, 0.2) is 46.8 Å². The molecule has 7 amide bonds. The number of nitrogens with zero attached hydrogens (tertiary/aromatic N) is 5. The number of amides is 7. The van der Waals surface area contributed by atoms with Crippen LogP contribution in [-0.2, 0) is 33.5 Å². The molecule has 2 aromatic rings. The molecule has 0 aliphatic carbocycles. The normalized spacial score (nSPS) is 18.9.